The SMILES string of the molecule is Cc1ccccc1N(C)C(=O)C(c1ccc(S(=O)(=O)C(F)(F)F)cc1)N(C(=O)c1ccccc1)C1CCCCC1. The van der Waals surface area contributed by atoms with Crippen molar-refractivity contribution in [1.82, 2.24) is 4.90 Å². The highest BCUT2D eigenvalue weighted by molar-refractivity contribution is 7.92. The molecule has 0 aromatic heterocycles. The molecule has 10 heteroatoms. The fourth-order valence-electron chi connectivity index (χ4n) is 5.21. The number of anilines is 1. The normalized spacial score (nSPS) is 15.3. The van der Waals surface area contributed by atoms with E-state index in [9.17, 15) is 31.2 Å². The second kappa shape index (κ2) is 11.8. The van der Waals surface area contributed by atoms with Gasteiger partial charge in [0.15, 0.2) is 0 Å². The maximum absolute atomic E-state index is 14.3. The van der Waals surface area contributed by atoms with Gasteiger partial charge in [-0.1, -0.05) is 67.8 Å². The lowest BCUT2D eigenvalue weighted by Gasteiger charge is -2.41. The Balaban J connectivity index is 1.86. The van der Waals surface area contributed by atoms with Crippen LogP contribution in [-0.2, 0) is 14.6 Å². The Bertz CT molecular complexity index is 1450. The van der Waals surface area contributed by atoms with Crippen LogP contribution in [0.15, 0.2) is 83.8 Å². The predicted octanol–water partition coefficient (Wildman–Crippen LogP) is 6.47. The highest BCUT2D eigenvalue weighted by atomic mass is 32.2. The van der Waals surface area contributed by atoms with Crippen molar-refractivity contribution in [3.05, 3.63) is 95.6 Å². The molecule has 0 aliphatic heterocycles. The molecule has 6 nitrogen and oxygen atoms in total. The van der Waals surface area contributed by atoms with Gasteiger partial charge in [0.2, 0.25) is 0 Å². The third-order valence-corrected chi connectivity index (χ3v) is 8.86. The summed E-state index contributed by atoms with van der Waals surface area (Å²) < 4.78 is 63.6. The fraction of sp³-hybridized carbons (Fsp3) is 0.333. The quantitative estimate of drug-likeness (QED) is 0.325. The number of aryl methyl sites for hydroxylation is 1. The number of rotatable bonds is 7. The monoisotopic (exact) mass is 572 g/mol. The molecule has 0 bridgehead atoms. The molecule has 1 fully saturated rings. The van der Waals surface area contributed by atoms with Crippen molar-refractivity contribution in [3.63, 3.8) is 0 Å². The summed E-state index contributed by atoms with van der Waals surface area (Å²) in [6.45, 7) is 1.85. The number of benzene rings is 3. The summed E-state index contributed by atoms with van der Waals surface area (Å²) >= 11 is 0. The zero-order chi connectivity index (χ0) is 29.1. The summed E-state index contributed by atoms with van der Waals surface area (Å²) in [6.07, 6.45) is 4.05. The zero-order valence-electron chi connectivity index (χ0n) is 22.3. The van der Waals surface area contributed by atoms with Crippen LogP contribution in [0.5, 0.6) is 0 Å². The lowest BCUT2D eigenvalue weighted by molar-refractivity contribution is -0.124. The molecule has 1 aliphatic rings. The maximum Gasteiger partial charge on any atom is 0.501 e. The van der Waals surface area contributed by atoms with Crippen molar-refractivity contribution in [2.24, 2.45) is 0 Å². The first kappa shape index (κ1) is 29.3. The Morgan fingerprint density at radius 1 is 0.850 bits per heavy atom. The van der Waals surface area contributed by atoms with E-state index in [1.54, 1.807) is 54.4 Å². The highest BCUT2D eigenvalue weighted by Crippen LogP contribution is 2.36. The molecule has 3 aromatic carbocycles. The summed E-state index contributed by atoms with van der Waals surface area (Å²) in [5.74, 6) is -0.841. The van der Waals surface area contributed by atoms with Crippen LogP contribution >= 0.6 is 0 Å². The first-order valence-electron chi connectivity index (χ1n) is 13.1. The standard InChI is InChI=1S/C30H31F3N2O4S/c1-21-11-9-10-16-26(21)34(2)29(37)27(22-17-19-25(20-18-22)40(38,39)30(31,32)33)35(24-14-7-4-8-15-24)28(36)23-12-5-3-6-13-23/h3,5-6,9-13,16-20,24,27H,4,7-8,14-15H2,1-2H3. The Labute approximate surface area is 232 Å². The van der Waals surface area contributed by atoms with Crippen LogP contribution in [0.1, 0.15) is 59.6 Å². The highest BCUT2D eigenvalue weighted by Gasteiger charge is 2.47. The number of carbonyl (C=O) groups is 2. The number of halogens is 3. The van der Waals surface area contributed by atoms with E-state index in [2.05, 4.69) is 0 Å². The van der Waals surface area contributed by atoms with Crippen LogP contribution in [0.2, 0.25) is 0 Å². The van der Waals surface area contributed by atoms with Crippen molar-refractivity contribution >= 4 is 27.3 Å². The summed E-state index contributed by atoms with van der Waals surface area (Å²) in [4.78, 5) is 30.4. The van der Waals surface area contributed by atoms with Crippen LogP contribution in [0.25, 0.3) is 0 Å². The van der Waals surface area contributed by atoms with Crippen molar-refractivity contribution in [3.8, 4) is 0 Å². The molecule has 212 valence electrons. The van der Waals surface area contributed by atoms with Gasteiger partial charge in [0.05, 0.1) is 4.90 Å². The van der Waals surface area contributed by atoms with E-state index in [0.717, 1.165) is 37.0 Å². The average molecular weight is 573 g/mol. The number of hydrogen-bond acceptors (Lipinski definition) is 4. The molecule has 0 saturated heterocycles. The number of hydrogen-bond donors (Lipinski definition) is 0. The molecule has 1 atom stereocenters. The Morgan fingerprint density at radius 3 is 2.00 bits per heavy atom. The molecule has 0 spiro atoms. The van der Waals surface area contributed by atoms with Crippen LogP contribution in [0.3, 0.4) is 0 Å². The smallest absolute Gasteiger partial charge is 0.319 e. The fourth-order valence-corrected chi connectivity index (χ4v) is 5.97. The Hall–Kier alpha value is -3.66. The van der Waals surface area contributed by atoms with Crippen molar-refractivity contribution in [2.45, 2.75) is 61.5 Å². The van der Waals surface area contributed by atoms with E-state index in [-0.39, 0.29) is 17.5 Å². The number of para-hydroxylation sites is 1. The van der Waals surface area contributed by atoms with Gasteiger partial charge in [-0.3, -0.25) is 9.59 Å². The number of sulfone groups is 1. The molecule has 1 saturated carbocycles. The van der Waals surface area contributed by atoms with Crippen LogP contribution in [0, 0.1) is 6.92 Å². The van der Waals surface area contributed by atoms with Crippen LogP contribution < -0.4 is 4.90 Å². The molecular weight excluding hydrogens is 541 g/mol. The van der Waals surface area contributed by atoms with Crippen molar-refractivity contribution in [2.75, 3.05) is 11.9 Å². The zero-order valence-corrected chi connectivity index (χ0v) is 23.1. The first-order valence-corrected chi connectivity index (χ1v) is 14.5. The third-order valence-electron chi connectivity index (χ3n) is 7.35. The molecule has 1 aliphatic carbocycles. The Morgan fingerprint density at radius 2 is 1.43 bits per heavy atom. The number of likely N-dealkylation sites (N-methyl/N-ethyl adjacent to an activating group) is 1. The Kier molecular flexibility index (Phi) is 8.68. The molecule has 0 heterocycles. The summed E-state index contributed by atoms with van der Waals surface area (Å²) in [5, 5.41) is 0. The number of carbonyl (C=O) groups excluding carboxylic acids is 2. The molecule has 0 N–H and O–H groups in total. The van der Waals surface area contributed by atoms with Gasteiger partial charge in [0.1, 0.15) is 6.04 Å². The minimum atomic E-state index is -5.58. The van der Waals surface area contributed by atoms with Crippen molar-refractivity contribution < 1.29 is 31.2 Å². The van der Waals surface area contributed by atoms with Gasteiger partial charge in [-0.25, -0.2) is 8.42 Å². The van der Waals surface area contributed by atoms with Gasteiger partial charge in [0.25, 0.3) is 21.7 Å². The summed E-state index contributed by atoms with van der Waals surface area (Å²) in [7, 11) is -3.99. The van der Waals surface area contributed by atoms with E-state index < -0.39 is 32.2 Å². The predicted molar refractivity (Wildman–Crippen MR) is 146 cm³/mol. The van der Waals surface area contributed by atoms with Crippen LogP contribution in [0.4, 0.5) is 18.9 Å². The molecule has 2 amide bonds. The molecule has 40 heavy (non-hydrogen) atoms. The molecule has 1 unspecified atom stereocenters. The van der Waals surface area contributed by atoms with Gasteiger partial charge in [-0.05, 0) is 61.2 Å². The number of amides is 2. The van der Waals surface area contributed by atoms with Gasteiger partial charge in [-0.2, -0.15) is 13.2 Å². The summed E-state index contributed by atoms with van der Waals surface area (Å²) in [5.41, 5.74) is -3.43. The van der Waals surface area contributed by atoms with Crippen LogP contribution in [-0.4, -0.2) is 43.7 Å². The molecule has 3 aromatic rings. The first-order chi connectivity index (χ1) is 18.9. The number of alkyl halides is 3. The van der Waals surface area contributed by atoms with E-state index in [0.29, 0.717) is 24.1 Å². The number of nitrogens with zero attached hydrogens (tertiary/aromatic N) is 2. The third kappa shape index (κ3) is 5.91. The molecular formula is C30H31F3N2O4S. The largest absolute Gasteiger partial charge is 0.501 e. The van der Waals surface area contributed by atoms with Gasteiger partial charge in [0, 0.05) is 24.3 Å². The van der Waals surface area contributed by atoms with E-state index in [1.807, 2.05) is 19.1 Å². The molecule has 0 radical (unpaired) electrons. The second-order valence-corrected chi connectivity index (χ2v) is 11.9. The summed E-state index contributed by atoms with van der Waals surface area (Å²) in [6, 6.07) is 18.4. The topological polar surface area (TPSA) is 74.8 Å². The minimum Gasteiger partial charge on any atom is -0.319 e. The van der Waals surface area contributed by atoms with E-state index >= 15 is 0 Å². The van der Waals surface area contributed by atoms with Crippen molar-refractivity contribution in [1.29, 1.82) is 0 Å². The second-order valence-electron chi connectivity index (χ2n) is 9.97. The minimum absolute atomic E-state index is 0.224. The lowest BCUT2D eigenvalue weighted by Crippen LogP contribution is -2.50. The lowest BCUT2D eigenvalue weighted by atomic mass is 9.90. The van der Waals surface area contributed by atoms with E-state index in [1.165, 1.54) is 17.0 Å². The van der Waals surface area contributed by atoms with Gasteiger partial charge < -0.3 is 9.80 Å². The molecule has 4 rings (SSSR count). The van der Waals surface area contributed by atoms with E-state index in [4.69, 9.17) is 0 Å². The maximum atomic E-state index is 14.3. The van der Waals surface area contributed by atoms with Gasteiger partial charge in [-0.15, -0.1) is 0 Å². The average Bonchev–Trinajstić information content (AvgIpc) is 2.95. The van der Waals surface area contributed by atoms with Gasteiger partial charge >= 0.3 is 5.51 Å².